The second kappa shape index (κ2) is 9.36. The van der Waals surface area contributed by atoms with E-state index in [4.69, 9.17) is 14.3 Å². The number of aromatic hydroxyl groups is 2. The second-order valence-electron chi connectivity index (χ2n) is 8.98. The van der Waals surface area contributed by atoms with Crippen LogP contribution in [-0.2, 0) is 19.6 Å². The van der Waals surface area contributed by atoms with Crippen LogP contribution in [0.4, 0.5) is 11.5 Å². The first-order valence-corrected chi connectivity index (χ1v) is 11.8. The number of carbonyl (C=O) groups is 1. The number of fused-ring (bicyclic) bond motifs is 1. The largest absolute Gasteiger partial charge is 0.508 e. The third-order valence-corrected chi connectivity index (χ3v) is 6.47. The minimum Gasteiger partial charge on any atom is -0.508 e. The molecule has 1 aliphatic rings. The van der Waals surface area contributed by atoms with Gasteiger partial charge in [0.1, 0.15) is 28.6 Å². The van der Waals surface area contributed by atoms with Crippen LogP contribution < -0.4 is 10.1 Å². The lowest BCUT2D eigenvalue weighted by molar-refractivity contribution is 0.0747. The standard InChI is InChI=1S/C27H24N6O5/c1-37-20-4-2-16(3-5-20)12-33-25(10-21(31-33)17-6-7-38-15-17)29-22-8-19(34)9-24(35)26(22)27(36)32-13-18-11-28-30-23(18)14-32/h2-11,15,29,34-35H,12-14H2,1H3,(H,28,30). The molecule has 38 heavy (non-hydrogen) atoms. The Hall–Kier alpha value is -5.19. The van der Waals surface area contributed by atoms with Crippen LogP contribution in [0.25, 0.3) is 11.3 Å². The number of benzene rings is 2. The smallest absolute Gasteiger partial charge is 0.260 e. The molecule has 6 rings (SSSR count). The number of phenols is 2. The summed E-state index contributed by atoms with van der Waals surface area (Å²) in [7, 11) is 1.61. The van der Waals surface area contributed by atoms with Crippen LogP contribution in [0.2, 0.25) is 0 Å². The molecule has 0 saturated heterocycles. The number of rotatable bonds is 7. The highest BCUT2D eigenvalue weighted by Crippen LogP contribution is 2.36. The molecule has 1 amide bonds. The van der Waals surface area contributed by atoms with E-state index in [0.717, 1.165) is 34.2 Å². The number of nitrogens with one attached hydrogen (secondary N) is 2. The fourth-order valence-corrected chi connectivity index (χ4v) is 4.53. The van der Waals surface area contributed by atoms with Crippen molar-refractivity contribution in [3.05, 3.63) is 89.6 Å². The molecule has 4 N–H and O–H groups in total. The normalized spacial score (nSPS) is 12.5. The summed E-state index contributed by atoms with van der Waals surface area (Å²) in [6, 6.07) is 13.8. The molecule has 0 aliphatic carbocycles. The van der Waals surface area contributed by atoms with Crippen LogP contribution in [0.3, 0.4) is 0 Å². The van der Waals surface area contributed by atoms with Crippen molar-refractivity contribution in [2.45, 2.75) is 19.6 Å². The van der Waals surface area contributed by atoms with Crippen molar-refractivity contribution < 1.29 is 24.2 Å². The van der Waals surface area contributed by atoms with Crippen molar-refractivity contribution in [2.24, 2.45) is 0 Å². The Labute approximate surface area is 216 Å². The second-order valence-corrected chi connectivity index (χ2v) is 8.98. The molecule has 5 aromatic rings. The third-order valence-electron chi connectivity index (χ3n) is 6.47. The first-order chi connectivity index (χ1) is 18.5. The van der Waals surface area contributed by atoms with Gasteiger partial charge >= 0.3 is 0 Å². The number of amides is 1. The van der Waals surface area contributed by atoms with Gasteiger partial charge in [0.15, 0.2) is 0 Å². The van der Waals surface area contributed by atoms with Crippen LogP contribution >= 0.6 is 0 Å². The summed E-state index contributed by atoms with van der Waals surface area (Å²) >= 11 is 0. The van der Waals surface area contributed by atoms with Crippen LogP contribution in [0.15, 0.2) is 71.7 Å². The van der Waals surface area contributed by atoms with E-state index in [0.29, 0.717) is 31.1 Å². The summed E-state index contributed by atoms with van der Waals surface area (Å²) in [5.41, 5.74) is 4.47. The van der Waals surface area contributed by atoms with E-state index in [-0.39, 0.29) is 28.7 Å². The fraction of sp³-hybridized carbons (Fsp3) is 0.148. The predicted octanol–water partition coefficient (Wildman–Crippen LogP) is 4.23. The van der Waals surface area contributed by atoms with Gasteiger partial charge in [-0.1, -0.05) is 12.1 Å². The Balaban J connectivity index is 1.36. The number of hydrogen-bond acceptors (Lipinski definition) is 8. The van der Waals surface area contributed by atoms with Crippen LogP contribution in [0.5, 0.6) is 17.2 Å². The SMILES string of the molecule is COc1ccc(Cn2nc(-c3ccoc3)cc2Nc2cc(O)cc(O)c2C(=O)N2Cc3cn[nH]c3C2)cc1. The molecular formula is C27H24N6O5. The van der Waals surface area contributed by atoms with Gasteiger partial charge < -0.3 is 29.6 Å². The predicted molar refractivity (Wildman–Crippen MR) is 137 cm³/mol. The molecule has 3 aromatic heterocycles. The zero-order valence-electron chi connectivity index (χ0n) is 20.4. The van der Waals surface area contributed by atoms with Gasteiger partial charge in [-0.2, -0.15) is 10.2 Å². The Morgan fingerprint density at radius 1 is 1.16 bits per heavy atom. The monoisotopic (exact) mass is 512 g/mol. The first-order valence-electron chi connectivity index (χ1n) is 11.8. The lowest BCUT2D eigenvalue weighted by atomic mass is 10.1. The summed E-state index contributed by atoms with van der Waals surface area (Å²) in [5.74, 6) is 0.391. The summed E-state index contributed by atoms with van der Waals surface area (Å²) in [4.78, 5) is 15.2. The first kappa shape index (κ1) is 23.2. The number of methoxy groups -OCH3 is 1. The molecule has 4 heterocycles. The molecule has 0 saturated carbocycles. The molecule has 0 bridgehead atoms. The third kappa shape index (κ3) is 4.30. The molecule has 0 unspecified atom stereocenters. The van der Waals surface area contributed by atoms with E-state index in [9.17, 15) is 15.0 Å². The van der Waals surface area contributed by atoms with Gasteiger partial charge in [-0.25, -0.2) is 4.68 Å². The van der Waals surface area contributed by atoms with Gasteiger partial charge in [-0.15, -0.1) is 0 Å². The number of hydrogen-bond donors (Lipinski definition) is 4. The van der Waals surface area contributed by atoms with Crippen molar-refractivity contribution in [2.75, 3.05) is 12.4 Å². The number of anilines is 2. The number of phenolic OH excluding ortho intramolecular Hbond substituents is 2. The van der Waals surface area contributed by atoms with Gasteiger partial charge in [-0.05, 0) is 23.8 Å². The van der Waals surface area contributed by atoms with Gasteiger partial charge in [0.05, 0.1) is 56.0 Å². The van der Waals surface area contributed by atoms with Gasteiger partial charge in [-0.3, -0.25) is 9.89 Å². The van der Waals surface area contributed by atoms with Crippen LogP contribution in [0, 0.1) is 0 Å². The highest BCUT2D eigenvalue weighted by Gasteiger charge is 2.30. The minimum absolute atomic E-state index is 0.0444. The minimum atomic E-state index is -0.383. The molecule has 1 aliphatic heterocycles. The lowest BCUT2D eigenvalue weighted by Crippen LogP contribution is -2.26. The van der Waals surface area contributed by atoms with Gasteiger partial charge in [0.2, 0.25) is 0 Å². The van der Waals surface area contributed by atoms with Crippen LogP contribution in [0.1, 0.15) is 27.2 Å². The highest BCUT2D eigenvalue weighted by atomic mass is 16.5. The number of aromatic amines is 1. The summed E-state index contributed by atoms with van der Waals surface area (Å²) < 4.78 is 12.2. The fourth-order valence-electron chi connectivity index (χ4n) is 4.53. The zero-order chi connectivity index (χ0) is 26.2. The molecule has 11 nitrogen and oxygen atoms in total. The number of carbonyl (C=O) groups excluding carboxylic acids is 1. The van der Waals surface area contributed by atoms with Gasteiger partial charge in [0.25, 0.3) is 5.91 Å². The number of furan rings is 1. The van der Waals surface area contributed by atoms with E-state index < -0.39 is 0 Å². The average Bonchev–Trinajstić information content (AvgIpc) is 3.69. The Kier molecular flexibility index (Phi) is 5.72. The maximum absolute atomic E-state index is 13.5. The van der Waals surface area contributed by atoms with Crippen molar-refractivity contribution in [1.29, 1.82) is 0 Å². The summed E-state index contributed by atoms with van der Waals surface area (Å²) in [6.45, 7) is 1.12. The molecule has 2 aromatic carbocycles. The van der Waals surface area contributed by atoms with Crippen molar-refractivity contribution in [3.8, 4) is 28.5 Å². The Morgan fingerprint density at radius 3 is 2.74 bits per heavy atom. The van der Waals surface area contributed by atoms with Crippen LogP contribution in [-0.4, -0.2) is 48.1 Å². The molecular weight excluding hydrogens is 488 g/mol. The van der Waals surface area contributed by atoms with Crippen molar-refractivity contribution in [1.82, 2.24) is 24.9 Å². The number of H-pyrrole nitrogens is 1. The van der Waals surface area contributed by atoms with Gasteiger partial charge in [0, 0.05) is 35.9 Å². The zero-order valence-corrected chi connectivity index (χ0v) is 20.4. The van der Waals surface area contributed by atoms with E-state index >= 15 is 0 Å². The summed E-state index contributed by atoms with van der Waals surface area (Å²) in [5, 5.41) is 35.9. The Bertz CT molecular complexity index is 1580. The van der Waals surface area contributed by atoms with E-state index in [1.807, 2.05) is 30.3 Å². The number of aromatic nitrogens is 4. The molecule has 0 radical (unpaired) electrons. The number of nitrogens with zero attached hydrogens (tertiary/aromatic N) is 4. The molecule has 192 valence electrons. The van der Waals surface area contributed by atoms with E-state index in [2.05, 4.69) is 15.5 Å². The van der Waals surface area contributed by atoms with E-state index in [1.165, 1.54) is 6.07 Å². The van der Waals surface area contributed by atoms with Crippen molar-refractivity contribution >= 4 is 17.4 Å². The molecule has 11 heteroatoms. The summed E-state index contributed by atoms with van der Waals surface area (Å²) in [6.07, 6.45) is 4.85. The molecule has 0 atom stereocenters. The maximum atomic E-state index is 13.5. The molecule has 0 spiro atoms. The quantitative estimate of drug-likeness (QED) is 0.254. The Morgan fingerprint density at radius 2 is 2.00 bits per heavy atom. The highest BCUT2D eigenvalue weighted by molar-refractivity contribution is 6.03. The van der Waals surface area contributed by atoms with E-state index in [1.54, 1.807) is 41.5 Å². The molecule has 0 fully saturated rings. The number of ether oxygens (including phenoxy) is 1. The lowest BCUT2D eigenvalue weighted by Gasteiger charge is -2.20. The topological polar surface area (TPSA) is 142 Å². The maximum Gasteiger partial charge on any atom is 0.260 e. The van der Waals surface area contributed by atoms with Crippen molar-refractivity contribution in [3.63, 3.8) is 0 Å². The average molecular weight is 513 g/mol.